The molecule has 2 aromatic rings. The van der Waals surface area contributed by atoms with Crippen LogP contribution in [-0.2, 0) is 31.4 Å². The molecular formula is C21H28NO7P. The van der Waals surface area contributed by atoms with Gasteiger partial charge in [0, 0.05) is 0 Å². The Morgan fingerprint density at radius 1 is 0.967 bits per heavy atom. The molecule has 0 bridgehead atoms. The fourth-order valence-corrected chi connectivity index (χ4v) is 3.70. The molecule has 0 unspecified atom stereocenters. The number of hydrogen-bond donors (Lipinski definition) is 1. The fraction of sp³-hybridized carbons (Fsp3) is 0.381. The molecule has 0 aliphatic heterocycles. The van der Waals surface area contributed by atoms with Gasteiger partial charge in [-0.3, -0.25) is 9.05 Å². The van der Waals surface area contributed by atoms with E-state index in [1.54, 1.807) is 32.0 Å². The lowest BCUT2D eigenvalue weighted by Crippen LogP contribution is -2.13. The molecule has 0 aromatic heterocycles. The number of rotatable bonds is 12. The molecule has 0 amide bonds. The maximum Gasteiger partial charge on any atom is 0.530 e. The van der Waals surface area contributed by atoms with E-state index in [1.807, 2.05) is 37.4 Å². The molecule has 0 aliphatic carbocycles. The van der Waals surface area contributed by atoms with Gasteiger partial charge < -0.3 is 19.3 Å². The number of phosphoric acid groups is 1. The van der Waals surface area contributed by atoms with E-state index in [2.05, 4.69) is 5.32 Å². The Hall–Kier alpha value is -2.38. The van der Waals surface area contributed by atoms with E-state index in [4.69, 9.17) is 23.0 Å². The minimum atomic E-state index is -3.86. The van der Waals surface area contributed by atoms with E-state index in [0.29, 0.717) is 6.42 Å². The van der Waals surface area contributed by atoms with Gasteiger partial charge in [-0.1, -0.05) is 36.4 Å². The predicted molar refractivity (Wildman–Crippen MR) is 113 cm³/mol. The van der Waals surface area contributed by atoms with Gasteiger partial charge in [0.15, 0.2) is 11.5 Å². The third-order valence-corrected chi connectivity index (χ3v) is 5.42. The van der Waals surface area contributed by atoms with Crippen molar-refractivity contribution in [1.29, 1.82) is 0 Å². The molecule has 9 heteroatoms. The zero-order valence-electron chi connectivity index (χ0n) is 17.5. The predicted octanol–water partition coefficient (Wildman–Crippen LogP) is 4.72. The number of carbonyl (C=O) groups excluding carboxylic acids is 1. The molecule has 2 aromatic carbocycles. The van der Waals surface area contributed by atoms with Gasteiger partial charge in [0.1, 0.15) is 6.61 Å². The van der Waals surface area contributed by atoms with E-state index in [0.717, 1.165) is 17.7 Å². The summed E-state index contributed by atoms with van der Waals surface area (Å²) in [6.07, 6.45) is -0.210. The summed E-state index contributed by atoms with van der Waals surface area (Å²) in [5, 5.41) is 3.05. The summed E-state index contributed by atoms with van der Waals surface area (Å²) in [7, 11) is -2.01. The van der Waals surface area contributed by atoms with Gasteiger partial charge >= 0.3 is 14.0 Å². The molecule has 0 aliphatic rings. The second kappa shape index (κ2) is 12.3. The van der Waals surface area contributed by atoms with Crippen LogP contribution >= 0.6 is 7.82 Å². The highest BCUT2D eigenvalue weighted by molar-refractivity contribution is 7.48. The summed E-state index contributed by atoms with van der Waals surface area (Å²) in [4.78, 5) is 12.2. The Kier molecular flexibility index (Phi) is 9.83. The monoisotopic (exact) mass is 437 g/mol. The van der Waals surface area contributed by atoms with Gasteiger partial charge in [0.25, 0.3) is 0 Å². The smallest absolute Gasteiger partial charge is 0.429 e. The molecule has 0 saturated heterocycles. The number of nitrogens with one attached hydrogen (secondary N) is 1. The lowest BCUT2D eigenvalue weighted by molar-refractivity contribution is 0.0912. The Labute approximate surface area is 177 Å². The molecule has 0 saturated carbocycles. The van der Waals surface area contributed by atoms with E-state index >= 15 is 0 Å². The molecule has 1 N–H and O–H groups in total. The fourth-order valence-electron chi connectivity index (χ4n) is 2.49. The standard InChI is InChI=1S/C21H28NO7P/c1-4-26-30(24,27-5-2)29-19-12-11-17(13-14-22-3)15-20(19)28-21(23)25-16-18-9-7-6-8-10-18/h6-12,15,22H,4-5,13-14,16H2,1-3H3. The van der Waals surface area contributed by atoms with E-state index in [-0.39, 0.29) is 31.3 Å². The van der Waals surface area contributed by atoms with Gasteiger partial charge in [-0.05, 0) is 57.1 Å². The summed E-state index contributed by atoms with van der Waals surface area (Å²) in [6, 6.07) is 14.2. The van der Waals surface area contributed by atoms with Crippen LogP contribution in [0.3, 0.4) is 0 Å². The Balaban J connectivity index is 2.18. The van der Waals surface area contributed by atoms with Crippen molar-refractivity contribution in [1.82, 2.24) is 5.32 Å². The maximum atomic E-state index is 12.7. The van der Waals surface area contributed by atoms with E-state index < -0.39 is 14.0 Å². The maximum absolute atomic E-state index is 12.7. The molecule has 30 heavy (non-hydrogen) atoms. The van der Waals surface area contributed by atoms with Crippen LogP contribution in [0.5, 0.6) is 11.5 Å². The largest absolute Gasteiger partial charge is 0.530 e. The first-order valence-corrected chi connectivity index (χ1v) is 11.2. The van der Waals surface area contributed by atoms with Crippen LogP contribution in [0, 0.1) is 0 Å². The first-order valence-electron chi connectivity index (χ1n) is 9.74. The van der Waals surface area contributed by atoms with Crippen LogP contribution < -0.4 is 14.6 Å². The summed E-state index contributed by atoms with van der Waals surface area (Å²) >= 11 is 0. The summed E-state index contributed by atoms with van der Waals surface area (Å²) in [5.41, 5.74) is 1.72. The molecule has 0 radical (unpaired) electrons. The number of ether oxygens (including phenoxy) is 2. The molecular weight excluding hydrogens is 409 g/mol. The lowest BCUT2D eigenvalue weighted by Gasteiger charge is -2.19. The van der Waals surface area contributed by atoms with Gasteiger partial charge in [-0.25, -0.2) is 9.36 Å². The van der Waals surface area contributed by atoms with Crippen LogP contribution in [0.2, 0.25) is 0 Å². The van der Waals surface area contributed by atoms with Crippen molar-refractivity contribution in [2.45, 2.75) is 26.9 Å². The summed E-state index contributed by atoms with van der Waals surface area (Å²) in [5.74, 6) is 0.131. The molecule has 0 spiro atoms. The van der Waals surface area contributed by atoms with Crippen molar-refractivity contribution in [2.75, 3.05) is 26.8 Å². The molecule has 164 valence electrons. The third-order valence-electron chi connectivity index (χ3n) is 3.85. The summed E-state index contributed by atoms with van der Waals surface area (Å²) in [6.45, 7) is 4.41. The number of benzene rings is 2. The molecule has 2 rings (SSSR count). The highest BCUT2D eigenvalue weighted by atomic mass is 31.2. The Bertz CT molecular complexity index is 835. The molecule has 8 nitrogen and oxygen atoms in total. The lowest BCUT2D eigenvalue weighted by atomic mass is 10.1. The minimum absolute atomic E-state index is 0.0603. The van der Waals surface area contributed by atoms with Gasteiger partial charge in [-0.15, -0.1) is 0 Å². The minimum Gasteiger partial charge on any atom is -0.429 e. The summed E-state index contributed by atoms with van der Waals surface area (Å²) < 4.78 is 39.1. The van der Waals surface area contributed by atoms with E-state index in [9.17, 15) is 9.36 Å². The highest BCUT2D eigenvalue weighted by Crippen LogP contribution is 2.51. The average Bonchev–Trinajstić information content (AvgIpc) is 2.73. The van der Waals surface area contributed by atoms with Crippen LogP contribution in [0.1, 0.15) is 25.0 Å². The zero-order chi connectivity index (χ0) is 21.8. The molecule has 0 fully saturated rings. The van der Waals surface area contributed by atoms with Crippen molar-refractivity contribution in [3.05, 3.63) is 59.7 Å². The van der Waals surface area contributed by atoms with Crippen LogP contribution in [0.4, 0.5) is 4.79 Å². The first-order chi connectivity index (χ1) is 14.5. The van der Waals surface area contributed by atoms with Gasteiger partial charge in [0.05, 0.1) is 13.2 Å². The van der Waals surface area contributed by atoms with Crippen LogP contribution in [0.25, 0.3) is 0 Å². The SMILES string of the molecule is CCOP(=O)(OCC)Oc1ccc(CCNC)cc1OC(=O)OCc1ccccc1. The molecule has 0 heterocycles. The van der Waals surface area contributed by atoms with Crippen LogP contribution in [0.15, 0.2) is 48.5 Å². The average molecular weight is 437 g/mol. The number of hydrogen-bond acceptors (Lipinski definition) is 8. The first kappa shape index (κ1) is 23.9. The highest BCUT2D eigenvalue weighted by Gasteiger charge is 2.29. The second-order valence-electron chi connectivity index (χ2n) is 6.14. The third kappa shape index (κ3) is 7.80. The number of likely N-dealkylation sites (N-methyl/N-ethyl adjacent to an activating group) is 1. The van der Waals surface area contributed by atoms with Crippen molar-refractivity contribution in [2.24, 2.45) is 0 Å². The Morgan fingerprint density at radius 3 is 2.30 bits per heavy atom. The quantitative estimate of drug-likeness (QED) is 0.290. The van der Waals surface area contributed by atoms with Crippen molar-refractivity contribution < 1.29 is 32.4 Å². The topological polar surface area (TPSA) is 92.3 Å². The van der Waals surface area contributed by atoms with Crippen molar-refractivity contribution in [3.8, 4) is 11.5 Å². The second-order valence-corrected chi connectivity index (χ2v) is 7.73. The van der Waals surface area contributed by atoms with Crippen LogP contribution in [-0.4, -0.2) is 33.0 Å². The number of carbonyl (C=O) groups is 1. The van der Waals surface area contributed by atoms with Gasteiger partial charge in [0.2, 0.25) is 0 Å². The zero-order valence-corrected chi connectivity index (χ0v) is 18.4. The van der Waals surface area contributed by atoms with Crippen molar-refractivity contribution >= 4 is 14.0 Å². The Morgan fingerprint density at radius 2 is 1.67 bits per heavy atom. The van der Waals surface area contributed by atoms with Gasteiger partial charge in [-0.2, -0.15) is 0 Å². The normalized spacial score (nSPS) is 11.2. The molecule has 0 atom stereocenters. The van der Waals surface area contributed by atoms with E-state index in [1.165, 1.54) is 0 Å². The van der Waals surface area contributed by atoms with Crippen molar-refractivity contribution in [3.63, 3.8) is 0 Å². The number of phosphoric ester groups is 1.